The van der Waals surface area contributed by atoms with Gasteiger partial charge in [-0.1, -0.05) is 11.6 Å². The van der Waals surface area contributed by atoms with Crippen LogP contribution >= 0.6 is 24.0 Å². The Bertz CT molecular complexity index is 336. The van der Waals surface area contributed by atoms with Gasteiger partial charge in [-0.2, -0.15) is 0 Å². The van der Waals surface area contributed by atoms with Crippen molar-refractivity contribution < 1.29 is 13.9 Å². The topological polar surface area (TPSA) is 46.2 Å². The Morgan fingerprint density at radius 1 is 1.33 bits per heavy atom. The molecular weight excluding hydrogens is 247 g/mol. The van der Waals surface area contributed by atoms with Gasteiger partial charge < -0.3 is 10.8 Å². The lowest BCUT2D eigenvalue weighted by Crippen LogP contribution is -2.14. The van der Waals surface area contributed by atoms with E-state index in [1.807, 2.05) is 0 Å². The van der Waals surface area contributed by atoms with Gasteiger partial charge in [0.2, 0.25) is 0 Å². The molecule has 0 saturated carbocycles. The Kier molecular flexibility index (Phi) is 6.05. The van der Waals surface area contributed by atoms with Crippen LogP contribution in [0.3, 0.4) is 0 Å². The van der Waals surface area contributed by atoms with Gasteiger partial charge >= 0.3 is 0 Å². The molecule has 0 saturated heterocycles. The van der Waals surface area contributed by atoms with Crippen LogP contribution in [0.15, 0.2) is 12.1 Å². The highest BCUT2D eigenvalue weighted by atomic mass is 35.5. The van der Waals surface area contributed by atoms with Crippen LogP contribution in [0.2, 0.25) is 5.02 Å². The highest BCUT2D eigenvalue weighted by Gasteiger charge is 2.17. The fraction of sp³-hybridized carbons (Fsp3) is 0.333. The monoisotopic (exact) mass is 257 g/mol. The summed E-state index contributed by atoms with van der Waals surface area (Å²) in [7, 11) is 0. The summed E-state index contributed by atoms with van der Waals surface area (Å²) in [5, 5.41) is 8.30. The smallest absolute Gasteiger partial charge is 0.142 e. The van der Waals surface area contributed by atoms with Crippen LogP contribution in [0.25, 0.3) is 0 Å². The molecule has 1 rings (SSSR count). The molecule has 0 aliphatic rings. The van der Waals surface area contributed by atoms with Gasteiger partial charge in [0.1, 0.15) is 11.6 Å². The minimum absolute atomic E-state index is 0. The molecule has 0 spiro atoms. The number of aliphatic hydroxyl groups excluding tert-OH is 1. The lowest BCUT2D eigenvalue weighted by molar-refractivity contribution is 0.275. The van der Waals surface area contributed by atoms with E-state index in [9.17, 15) is 8.78 Å². The molecule has 1 atom stereocenters. The summed E-state index contributed by atoms with van der Waals surface area (Å²) in [5.41, 5.74) is 5.44. The van der Waals surface area contributed by atoms with Crippen molar-refractivity contribution in [3.05, 3.63) is 34.4 Å². The predicted octanol–water partition coefficient (Wildman–Crippen LogP) is 2.42. The lowest BCUT2D eigenvalue weighted by atomic mass is 10.0. The second kappa shape index (κ2) is 6.23. The molecule has 0 fully saturated rings. The first-order valence-electron chi connectivity index (χ1n) is 4.07. The van der Waals surface area contributed by atoms with Gasteiger partial charge in [-0.05, 0) is 18.6 Å². The number of hydrogen-bond acceptors (Lipinski definition) is 2. The van der Waals surface area contributed by atoms with Crippen LogP contribution in [0.1, 0.15) is 18.0 Å². The van der Waals surface area contributed by atoms with Gasteiger partial charge in [0, 0.05) is 18.2 Å². The zero-order chi connectivity index (χ0) is 10.7. The Morgan fingerprint density at radius 2 is 1.87 bits per heavy atom. The number of nitrogens with two attached hydrogens (primary N) is 1. The average Bonchev–Trinajstić information content (AvgIpc) is 2.13. The zero-order valence-electron chi connectivity index (χ0n) is 7.71. The molecule has 0 unspecified atom stereocenters. The molecule has 0 radical (unpaired) electrons. The summed E-state index contributed by atoms with van der Waals surface area (Å²) in [6.07, 6.45) is 0.139. The Morgan fingerprint density at radius 3 is 2.40 bits per heavy atom. The fourth-order valence-electron chi connectivity index (χ4n) is 1.17. The van der Waals surface area contributed by atoms with Crippen molar-refractivity contribution in [2.24, 2.45) is 5.73 Å². The predicted molar refractivity (Wildman–Crippen MR) is 57.2 cm³/mol. The van der Waals surface area contributed by atoms with Crippen LogP contribution in [0, 0.1) is 11.6 Å². The van der Waals surface area contributed by atoms with E-state index in [4.69, 9.17) is 22.4 Å². The highest BCUT2D eigenvalue weighted by Crippen LogP contribution is 2.28. The Hall–Kier alpha value is -0.420. The van der Waals surface area contributed by atoms with Gasteiger partial charge in [-0.3, -0.25) is 0 Å². The van der Waals surface area contributed by atoms with Crippen LogP contribution in [0.5, 0.6) is 0 Å². The van der Waals surface area contributed by atoms with Crippen molar-refractivity contribution in [1.29, 1.82) is 0 Å². The van der Waals surface area contributed by atoms with Crippen LogP contribution in [0.4, 0.5) is 8.78 Å². The molecule has 1 aromatic carbocycles. The summed E-state index contributed by atoms with van der Waals surface area (Å²) in [4.78, 5) is 0. The SMILES string of the molecule is Cl.N[C@H](CCO)c1c(F)ccc(F)c1Cl. The molecule has 3 N–H and O–H groups in total. The van der Waals surface area contributed by atoms with Crippen LogP contribution in [-0.2, 0) is 0 Å². The molecule has 0 bridgehead atoms. The summed E-state index contributed by atoms with van der Waals surface area (Å²) < 4.78 is 26.1. The van der Waals surface area contributed by atoms with Crippen LogP contribution in [-0.4, -0.2) is 11.7 Å². The van der Waals surface area contributed by atoms with E-state index in [0.717, 1.165) is 12.1 Å². The van der Waals surface area contributed by atoms with Crippen molar-refractivity contribution in [3.8, 4) is 0 Å². The Labute approximate surface area is 97.4 Å². The molecule has 0 aromatic heterocycles. The maximum Gasteiger partial charge on any atom is 0.142 e. The number of benzene rings is 1. The molecule has 0 heterocycles. The first kappa shape index (κ1) is 14.6. The van der Waals surface area contributed by atoms with E-state index < -0.39 is 17.7 Å². The maximum atomic E-state index is 13.2. The third-order valence-electron chi connectivity index (χ3n) is 1.89. The molecule has 2 nitrogen and oxygen atoms in total. The third kappa shape index (κ3) is 3.28. The minimum Gasteiger partial charge on any atom is -0.396 e. The maximum absolute atomic E-state index is 13.2. The molecule has 0 aliphatic heterocycles. The Balaban J connectivity index is 0.00000196. The second-order valence-corrected chi connectivity index (χ2v) is 3.25. The number of aliphatic hydroxyl groups is 1. The van der Waals surface area contributed by atoms with Crippen molar-refractivity contribution in [2.75, 3.05) is 6.61 Å². The summed E-state index contributed by atoms with van der Waals surface area (Å²) in [6, 6.07) is 1.11. The van der Waals surface area contributed by atoms with Gasteiger partial charge in [-0.25, -0.2) is 8.78 Å². The van der Waals surface area contributed by atoms with E-state index in [-0.39, 0.29) is 36.0 Å². The van der Waals surface area contributed by atoms with E-state index in [1.165, 1.54) is 0 Å². The zero-order valence-corrected chi connectivity index (χ0v) is 9.29. The largest absolute Gasteiger partial charge is 0.396 e. The second-order valence-electron chi connectivity index (χ2n) is 2.88. The highest BCUT2D eigenvalue weighted by molar-refractivity contribution is 6.31. The molecule has 0 aliphatic carbocycles. The normalized spacial score (nSPS) is 12.1. The van der Waals surface area contributed by atoms with Gasteiger partial charge in [-0.15, -0.1) is 12.4 Å². The summed E-state index contributed by atoms with van der Waals surface area (Å²) in [6.45, 7) is -0.201. The summed E-state index contributed by atoms with van der Waals surface area (Å²) in [5.74, 6) is -1.37. The molecule has 6 heteroatoms. The molecule has 0 amide bonds. The van der Waals surface area contributed by atoms with E-state index >= 15 is 0 Å². The summed E-state index contributed by atoms with van der Waals surface area (Å²) >= 11 is 5.55. The van der Waals surface area contributed by atoms with E-state index in [1.54, 1.807) is 0 Å². The van der Waals surface area contributed by atoms with Gasteiger partial charge in [0.05, 0.1) is 5.02 Å². The first-order chi connectivity index (χ1) is 6.57. The van der Waals surface area contributed by atoms with Crippen molar-refractivity contribution in [3.63, 3.8) is 0 Å². The standard InChI is InChI=1S/C9H10ClF2NO.ClH/c10-9-6(12)2-1-5(11)8(9)7(13)3-4-14;/h1-2,7,14H,3-4,13H2;1H/t7-;/m1./s1. The minimum atomic E-state index is -0.789. The van der Waals surface area contributed by atoms with E-state index in [0.29, 0.717) is 0 Å². The average molecular weight is 258 g/mol. The number of halogens is 4. The van der Waals surface area contributed by atoms with Crippen LogP contribution < -0.4 is 5.73 Å². The molecule has 86 valence electrons. The lowest BCUT2D eigenvalue weighted by Gasteiger charge is -2.13. The van der Waals surface area contributed by atoms with Crippen molar-refractivity contribution in [1.82, 2.24) is 0 Å². The van der Waals surface area contributed by atoms with E-state index in [2.05, 4.69) is 0 Å². The quantitative estimate of drug-likeness (QED) is 0.818. The van der Waals surface area contributed by atoms with Gasteiger partial charge in [0.15, 0.2) is 0 Å². The first-order valence-corrected chi connectivity index (χ1v) is 4.45. The number of hydrogen-bond donors (Lipinski definition) is 2. The number of rotatable bonds is 3. The molecule has 1 aromatic rings. The fourth-order valence-corrected chi connectivity index (χ4v) is 1.46. The third-order valence-corrected chi connectivity index (χ3v) is 2.27. The van der Waals surface area contributed by atoms with Gasteiger partial charge in [0.25, 0.3) is 0 Å². The van der Waals surface area contributed by atoms with Crippen molar-refractivity contribution >= 4 is 24.0 Å². The molecule has 15 heavy (non-hydrogen) atoms. The van der Waals surface area contributed by atoms with Crippen molar-refractivity contribution in [2.45, 2.75) is 12.5 Å². The molecular formula is C9H11Cl2F2NO.